The average Bonchev–Trinajstić information content (AvgIpc) is 3.39. The molecular weight excluding hydrogens is 388 g/mol. The minimum atomic E-state index is -0.0580. The predicted octanol–water partition coefficient (Wildman–Crippen LogP) is 5.36. The Morgan fingerprint density at radius 2 is 1.67 bits per heavy atom. The lowest BCUT2D eigenvalue weighted by Gasteiger charge is -2.29. The molecule has 30 heavy (non-hydrogen) atoms. The molecule has 1 N–H and O–H groups in total. The summed E-state index contributed by atoms with van der Waals surface area (Å²) in [6.07, 6.45) is 3.95. The number of pyridine rings is 1. The SMILES string of the molecule is Cc1cccc(-n2cccc2[C@@H]2[C@H](c3ccccn3)NC(=S)N2c2ccccc2)c1. The van der Waals surface area contributed by atoms with Gasteiger partial charge >= 0.3 is 0 Å². The molecule has 5 rings (SSSR count). The molecule has 0 unspecified atom stereocenters. The fourth-order valence-electron chi connectivity index (χ4n) is 4.17. The molecule has 0 spiro atoms. The number of nitrogens with zero attached hydrogens (tertiary/aromatic N) is 3. The lowest BCUT2D eigenvalue weighted by atomic mass is 10.0. The van der Waals surface area contributed by atoms with Crippen molar-refractivity contribution >= 4 is 23.0 Å². The fourth-order valence-corrected chi connectivity index (χ4v) is 4.52. The Morgan fingerprint density at radius 1 is 0.867 bits per heavy atom. The first-order valence-corrected chi connectivity index (χ1v) is 10.4. The minimum absolute atomic E-state index is 0.0367. The molecule has 0 saturated carbocycles. The number of aromatic nitrogens is 2. The highest BCUT2D eigenvalue weighted by Gasteiger charge is 2.42. The summed E-state index contributed by atoms with van der Waals surface area (Å²) in [7, 11) is 0. The number of nitrogens with one attached hydrogen (secondary N) is 1. The number of hydrogen-bond donors (Lipinski definition) is 1. The molecular formula is C25H22N4S. The van der Waals surface area contributed by atoms with Crippen molar-refractivity contribution in [1.82, 2.24) is 14.9 Å². The van der Waals surface area contributed by atoms with E-state index >= 15 is 0 Å². The number of benzene rings is 2. The van der Waals surface area contributed by atoms with E-state index in [0.717, 1.165) is 22.8 Å². The molecule has 1 aliphatic heterocycles. The molecule has 2 atom stereocenters. The number of anilines is 1. The van der Waals surface area contributed by atoms with Gasteiger partial charge < -0.3 is 14.8 Å². The van der Waals surface area contributed by atoms with Crippen LogP contribution >= 0.6 is 12.2 Å². The van der Waals surface area contributed by atoms with Gasteiger partial charge in [0.25, 0.3) is 0 Å². The summed E-state index contributed by atoms with van der Waals surface area (Å²) < 4.78 is 2.25. The van der Waals surface area contributed by atoms with Crippen molar-refractivity contribution in [3.63, 3.8) is 0 Å². The van der Waals surface area contributed by atoms with Crippen LogP contribution in [0.5, 0.6) is 0 Å². The van der Waals surface area contributed by atoms with Crippen molar-refractivity contribution in [2.75, 3.05) is 4.90 Å². The van der Waals surface area contributed by atoms with E-state index in [2.05, 4.69) is 87.5 Å². The second kappa shape index (κ2) is 7.76. The zero-order valence-electron chi connectivity index (χ0n) is 16.6. The lowest BCUT2D eigenvalue weighted by molar-refractivity contribution is 0.549. The van der Waals surface area contributed by atoms with Gasteiger partial charge in [0, 0.05) is 29.5 Å². The van der Waals surface area contributed by atoms with Crippen molar-refractivity contribution in [3.8, 4) is 5.69 Å². The first-order chi connectivity index (χ1) is 14.7. The molecule has 2 aromatic carbocycles. The van der Waals surface area contributed by atoms with Gasteiger partial charge in [0.15, 0.2) is 5.11 Å². The summed E-state index contributed by atoms with van der Waals surface area (Å²) in [5.41, 5.74) is 5.57. The molecule has 148 valence electrons. The molecule has 4 nitrogen and oxygen atoms in total. The molecule has 0 bridgehead atoms. The predicted molar refractivity (Wildman–Crippen MR) is 125 cm³/mol. The largest absolute Gasteiger partial charge is 0.351 e. The Kier molecular flexibility index (Phi) is 4.81. The van der Waals surface area contributed by atoms with E-state index in [0.29, 0.717) is 5.11 Å². The van der Waals surface area contributed by atoms with E-state index in [-0.39, 0.29) is 12.1 Å². The monoisotopic (exact) mass is 410 g/mol. The number of aryl methyl sites for hydroxylation is 1. The van der Waals surface area contributed by atoms with Crippen molar-refractivity contribution in [2.45, 2.75) is 19.0 Å². The van der Waals surface area contributed by atoms with Crippen LogP contribution in [0.2, 0.25) is 0 Å². The van der Waals surface area contributed by atoms with Crippen molar-refractivity contribution in [3.05, 3.63) is 114 Å². The summed E-state index contributed by atoms with van der Waals surface area (Å²) in [6, 6.07) is 29.1. The third-order valence-corrected chi connectivity index (χ3v) is 5.81. The van der Waals surface area contributed by atoms with Crippen molar-refractivity contribution in [1.29, 1.82) is 0 Å². The van der Waals surface area contributed by atoms with Crippen LogP contribution in [0.4, 0.5) is 5.69 Å². The van der Waals surface area contributed by atoms with Gasteiger partial charge in [-0.25, -0.2) is 0 Å². The van der Waals surface area contributed by atoms with Crippen LogP contribution in [0.15, 0.2) is 97.3 Å². The third-order valence-electron chi connectivity index (χ3n) is 5.50. The zero-order chi connectivity index (χ0) is 20.5. The van der Waals surface area contributed by atoms with Crippen LogP contribution < -0.4 is 10.2 Å². The first-order valence-electron chi connectivity index (χ1n) is 10.0. The van der Waals surface area contributed by atoms with Gasteiger partial charge in [-0.1, -0.05) is 36.4 Å². The summed E-state index contributed by atoms with van der Waals surface area (Å²) in [5.74, 6) is 0. The zero-order valence-corrected chi connectivity index (χ0v) is 17.5. The maximum Gasteiger partial charge on any atom is 0.174 e. The summed E-state index contributed by atoms with van der Waals surface area (Å²) >= 11 is 5.81. The number of rotatable bonds is 4. The molecule has 4 aromatic rings. The Morgan fingerprint density at radius 3 is 2.43 bits per heavy atom. The summed E-state index contributed by atoms with van der Waals surface area (Å²) in [4.78, 5) is 6.85. The fraction of sp³-hybridized carbons (Fsp3) is 0.120. The van der Waals surface area contributed by atoms with E-state index in [4.69, 9.17) is 12.2 Å². The molecule has 1 saturated heterocycles. The van der Waals surface area contributed by atoms with Crippen LogP contribution in [-0.4, -0.2) is 14.7 Å². The Bertz CT molecular complexity index is 1170. The molecule has 0 radical (unpaired) electrons. The molecule has 0 amide bonds. The summed E-state index contributed by atoms with van der Waals surface area (Å²) in [5, 5.41) is 4.24. The van der Waals surface area contributed by atoms with E-state index in [1.165, 1.54) is 5.56 Å². The van der Waals surface area contributed by atoms with Gasteiger partial charge in [0.05, 0.1) is 11.7 Å². The van der Waals surface area contributed by atoms with Crippen molar-refractivity contribution < 1.29 is 0 Å². The Balaban J connectivity index is 1.67. The smallest absolute Gasteiger partial charge is 0.174 e. The third kappa shape index (κ3) is 3.27. The highest BCUT2D eigenvalue weighted by molar-refractivity contribution is 7.80. The minimum Gasteiger partial charge on any atom is -0.351 e. The van der Waals surface area contributed by atoms with Gasteiger partial charge in [0.2, 0.25) is 0 Å². The molecule has 3 heterocycles. The van der Waals surface area contributed by atoms with Gasteiger partial charge in [-0.2, -0.15) is 0 Å². The number of para-hydroxylation sites is 1. The molecule has 5 heteroatoms. The normalized spacial score (nSPS) is 18.4. The maximum atomic E-state index is 5.81. The van der Waals surface area contributed by atoms with Gasteiger partial charge in [-0.15, -0.1) is 0 Å². The number of thiocarbonyl (C=S) groups is 1. The Hall–Kier alpha value is -3.44. The quantitative estimate of drug-likeness (QED) is 0.459. The van der Waals surface area contributed by atoms with Crippen LogP contribution in [-0.2, 0) is 0 Å². The first kappa shape index (κ1) is 18.6. The second-order valence-electron chi connectivity index (χ2n) is 7.47. The maximum absolute atomic E-state index is 5.81. The molecule has 1 aliphatic rings. The second-order valence-corrected chi connectivity index (χ2v) is 7.86. The van der Waals surface area contributed by atoms with Crippen molar-refractivity contribution in [2.24, 2.45) is 0 Å². The molecule has 1 fully saturated rings. The van der Waals surface area contributed by atoms with E-state index in [1.807, 2.05) is 36.5 Å². The Labute approximate surface area is 181 Å². The van der Waals surface area contributed by atoms with Crippen LogP contribution in [0.3, 0.4) is 0 Å². The molecule has 2 aromatic heterocycles. The van der Waals surface area contributed by atoms with Crippen LogP contribution in [0, 0.1) is 6.92 Å². The van der Waals surface area contributed by atoms with E-state index in [1.54, 1.807) is 0 Å². The molecule has 0 aliphatic carbocycles. The van der Waals surface area contributed by atoms with Gasteiger partial charge in [-0.05, 0) is 73.2 Å². The lowest BCUT2D eigenvalue weighted by Crippen LogP contribution is -2.30. The van der Waals surface area contributed by atoms with Crippen LogP contribution in [0.25, 0.3) is 5.69 Å². The van der Waals surface area contributed by atoms with Crippen LogP contribution in [0.1, 0.15) is 29.0 Å². The van der Waals surface area contributed by atoms with Gasteiger partial charge in [0.1, 0.15) is 6.04 Å². The topological polar surface area (TPSA) is 33.1 Å². The average molecular weight is 411 g/mol. The number of hydrogen-bond acceptors (Lipinski definition) is 2. The standard InChI is InChI=1S/C25H22N4S/c1-18-9-7-12-20(17-18)28-16-8-14-22(28)24-23(21-13-5-6-15-26-21)27-25(30)29(24)19-10-3-2-4-11-19/h2-17,23-24H,1H3,(H,27,30)/t23-,24+/m0/s1. The highest BCUT2D eigenvalue weighted by atomic mass is 32.1. The summed E-state index contributed by atoms with van der Waals surface area (Å²) in [6.45, 7) is 2.12. The van der Waals surface area contributed by atoms with Gasteiger partial charge in [-0.3, -0.25) is 4.98 Å². The van der Waals surface area contributed by atoms with E-state index < -0.39 is 0 Å². The van der Waals surface area contributed by atoms with E-state index in [9.17, 15) is 0 Å². The highest BCUT2D eigenvalue weighted by Crippen LogP contribution is 2.42.